The Morgan fingerprint density at radius 2 is 1.88 bits per heavy atom. The number of nitrogens with zero attached hydrogens (tertiary/aromatic N) is 3. The van der Waals surface area contributed by atoms with Gasteiger partial charge in [0, 0.05) is 47.8 Å². The van der Waals surface area contributed by atoms with Crippen molar-refractivity contribution in [3.05, 3.63) is 46.2 Å². The lowest BCUT2D eigenvalue weighted by atomic mass is 10.1. The molecule has 0 amide bonds. The van der Waals surface area contributed by atoms with Crippen LogP contribution in [0.3, 0.4) is 0 Å². The van der Waals surface area contributed by atoms with Gasteiger partial charge in [-0.15, -0.1) is 0 Å². The van der Waals surface area contributed by atoms with E-state index in [1.54, 1.807) is 6.20 Å². The molecule has 1 unspecified atom stereocenters. The van der Waals surface area contributed by atoms with E-state index < -0.39 is 0 Å². The highest BCUT2D eigenvalue weighted by Gasteiger charge is 2.25. The summed E-state index contributed by atoms with van der Waals surface area (Å²) in [6.07, 6.45) is 14.6. The number of rotatable bonds is 6. The summed E-state index contributed by atoms with van der Waals surface area (Å²) in [6, 6.07) is 7.05. The first-order chi connectivity index (χ1) is 16.7. The van der Waals surface area contributed by atoms with Gasteiger partial charge in [-0.3, -0.25) is 4.90 Å². The molecule has 0 bridgehead atoms. The summed E-state index contributed by atoms with van der Waals surface area (Å²) in [7, 11) is 2.20. The van der Waals surface area contributed by atoms with E-state index in [1.165, 1.54) is 24.1 Å². The number of anilines is 1. The third-order valence-corrected chi connectivity index (χ3v) is 7.75. The molecule has 1 atom stereocenters. The number of ether oxygens (including phenoxy) is 1. The Balaban J connectivity index is 1.17. The average molecular weight is 465 g/mol. The van der Waals surface area contributed by atoms with Crippen molar-refractivity contribution in [3.8, 4) is 0 Å². The zero-order chi connectivity index (χ0) is 23.3. The summed E-state index contributed by atoms with van der Waals surface area (Å²) < 4.78 is 6.36. The van der Waals surface area contributed by atoms with Crippen LogP contribution in [0.25, 0.3) is 12.3 Å². The summed E-state index contributed by atoms with van der Waals surface area (Å²) in [5, 5.41) is 5.60. The van der Waals surface area contributed by atoms with Crippen LogP contribution in [0.4, 0.5) is 5.82 Å². The topological polar surface area (TPSA) is 82.4 Å². The quantitative estimate of drug-likeness (QED) is 0.603. The minimum Gasteiger partial charge on any atom is -0.404 e. The molecular weight excluding hydrogens is 424 g/mol. The Kier molecular flexibility index (Phi) is 7.52. The Morgan fingerprint density at radius 3 is 2.56 bits per heavy atom. The minimum absolute atomic E-state index is 0.400. The molecule has 34 heavy (non-hydrogen) atoms. The lowest BCUT2D eigenvalue weighted by Crippen LogP contribution is -2.41. The molecule has 7 heteroatoms. The second-order valence-electron chi connectivity index (χ2n) is 10.1. The maximum absolute atomic E-state index is 6.36. The Hall–Kier alpha value is -2.35. The number of piperidine rings is 2. The lowest BCUT2D eigenvalue weighted by molar-refractivity contribution is -0.0364. The van der Waals surface area contributed by atoms with Gasteiger partial charge < -0.3 is 25.7 Å². The lowest BCUT2D eigenvalue weighted by Gasteiger charge is -2.35. The molecule has 0 radical (unpaired) electrons. The molecule has 2 aromatic rings. The highest BCUT2D eigenvalue weighted by Crippen LogP contribution is 2.27. The number of hydrogen-bond donors (Lipinski definition) is 3. The normalized spacial score (nSPS) is 24.4. The van der Waals surface area contributed by atoms with E-state index in [0.29, 0.717) is 18.2 Å². The maximum Gasteiger partial charge on any atom is 0.128 e. The molecule has 3 saturated heterocycles. The Bertz CT molecular complexity index is 1030. The minimum atomic E-state index is 0.400. The van der Waals surface area contributed by atoms with E-state index >= 15 is 0 Å². The van der Waals surface area contributed by atoms with Crippen molar-refractivity contribution < 1.29 is 4.74 Å². The molecule has 5 heterocycles. The maximum atomic E-state index is 6.36. The van der Waals surface area contributed by atoms with E-state index in [1.807, 2.05) is 6.20 Å². The molecule has 3 aliphatic heterocycles. The number of aromatic nitrogens is 2. The number of nitrogens with two attached hydrogens (primary N) is 1. The highest BCUT2D eigenvalue weighted by molar-refractivity contribution is 5.42. The second kappa shape index (κ2) is 10.9. The van der Waals surface area contributed by atoms with E-state index in [4.69, 9.17) is 15.5 Å². The molecule has 0 spiro atoms. The monoisotopic (exact) mass is 464 g/mol. The van der Waals surface area contributed by atoms with Gasteiger partial charge in [-0.2, -0.15) is 0 Å². The first-order valence-corrected chi connectivity index (χ1v) is 13.1. The molecule has 0 aromatic carbocycles. The van der Waals surface area contributed by atoms with Gasteiger partial charge in [0.2, 0.25) is 0 Å². The van der Waals surface area contributed by atoms with Crippen molar-refractivity contribution in [2.24, 2.45) is 5.73 Å². The van der Waals surface area contributed by atoms with Gasteiger partial charge in [0.25, 0.3) is 0 Å². The second-order valence-corrected chi connectivity index (χ2v) is 10.1. The number of aromatic amines is 1. The van der Waals surface area contributed by atoms with Crippen LogP contribution in [0.1, 0.15) is 55.8 Å². The molecule has 7 nitrogen and oxygen atoms in total. The van der Waals surface area contributed by atoms with Crippen molar-refractivity contribution in [1.29, 1.82) is 0 Å². The van der Waals surface area contributed by atoms with Crippen LogP contribution >= 0.6 is 0 Å². The molecule has 2 aromatic heterocycles. The first-order valence-electron chi connectivity index (χ1n) is 13.1. The van der Waals surface area contributed by atoms with E-state index in [9.17, 15) is 0 Å². The third-order valence-electron chi connectivity index (χ3n) is 7.75. The average Bonchev–Trinajstić information content (AvgIpc) is 3.49. The Labute approximate surface area is 203 Å². The van der Waals surface area contributed by atoms with Gasteiger partial charge in [-0.05, 0) is 89.3 Å². The largest absolute Gasteiger partial charge is 0.404 e. The van der Waals surface area contributed by atoms with Gasteiger partial charge in [0.05, 0.1) is 12.2 Å². The zero-order valence-corrected chi connectivity index (χ0v) is 20.5. The summed E-state index contributed by atoms with van der Waals surface area (Å²) in [5.74, 6) is 1.08. The Morgan fingerprint density at radius 1 is 1.09 bits per heavy atom. The van der Waals surface area contributed by atoms with Crippen LogP contribution in [0.15, 0.2) is 24.4 Å². The van der Waals surface area contributed by atoms with Crippen molar-refractivity contribution >= 4 is 18.1 Å². The van der Waals surface area contributed by atoms with Crippen molar-refractivity contribution in [1.82, 2.24) is 20.2 Å². The number of pyridine rings is 1. The summed E-state index contributed by atoms with van der Waals surface area (Å²) >= 11 is 0. The van der Waals surface area contributed by atoms with Crippen LogP contribution in [-0.2, 0) is 11.2 Å². The van der Waals surface area contributed by atoms with Gasteiger partial charge in [0.15, 0.2) is 0 Å². The smallest absolute Gasteiger partial charge is 0.128 e. The van der Waals surface area contributed by atoms with Crippen LogP contribution in [-0.4, -0.2) is 66.8 Å². The number of H-pyrrole nitrogens is 1. The fraction of sp³-hybridized carbons (Fsp3) is 0.593. The fourth-order valence-electron chi connectivity index (χ4n) is 5.67. The van der Waals surface area contributed by atoms with Crippen LogP contribution < -0.4 is 26.5 Å². The summed E-state index contributed by atoms with van der Waals surface area (Å²) in [4.78, 5) is 13.2. The predicted octanol–water partition coefficient (Wildman–Crippen LogP) is 1.63. The molecule has 3 aliphatic rings. The molecule has 0 saturated carbocycles. The van der Waals surface area contributed by atoms with Crippen LogP contribution in [0.5, 0.6) is 0 Å². The first kappa shape index (κ1) is 23.4. The van der Waals surface area contributed by atoms with Gasteiger partial charge in [-0.1, -0.05) is 12.1 Å². The van der Waals surface area contributed by atoms with Crippen molar-refractivity contribution in [2.45, 2.75) is 63.2 Å². The van der Waals surface area contributed by atoms with Gasteiger partial charge >= 0.3 is 0 Å². The molecule has 3 fully saturated rings. The fourth-order valence-corrected chi connectivity index (χ4v) is 5.67. The standard InChI is InChI=1S/C27H40N6O/c1-32-14-2-3-26(32)25-17-21(18-28)24(31-25)6-4-20-5-7-27(30-19-20)33-15-10-23(11-16-33)34-22-8-12-29-13-9-22/h5-7,17-19,22-23,26,29,31H,2-4,8-16,28H2,1H3/b21-18-,24-6+. The number of nitrogens with one attached hydrogen (secondary N) is 2. The van der Waals surface area contributed by atoms with E-state index in [0.717, 1.165) is 81.2 Å². The molecule has 0 aliphatic carbocycles. The van der Waals surface area contributed by atoms with Crippen LogP contribution in [0, 0.1) is 0 Å². The van der Waals surface area contributed by atoms with E-state index in [-0.39, 0.29) is 0 Å². The molecule has 4 N–H and O–H groups in total. The summed E-state index contributed by atoms with van der Waals surface area (Å²) in [5.41, 5.74) is 8.40. The number of likely N-dealkylation sites (tertiary alicyclic amines) is 1. The van der Waals surface area contributed by atoms with Gasteiger partial charge in [-0.25, -0.2) is 4.98 Å². The van der Waals surface area contributed by atoms with Crippen molar-refractivity contribution in [3.63, 3.8) is 0 Å². The van der Waals surface area contributed by atoms with Gasteiger partial charge in [0.1, 0.15) is 5.82 Å². The predicted molar refractivity (Wildman–Crippen MR) is 138 cm³/mol. The third kappa shape index (κ3) is 5.48. The molecular formula is C27H40N6O. The SMILES string of the molecule is CN1CCCC1c1cc(=C/N)/c(=C\Cc2ccc(N3CCC(OC4CCNCC4)CC3)nc2)[nH]1. The molecule has 5 rings (SSSR count). The number of hydrogen-bond acceptors (Lipinski definition) is 6. The van der Waals surface area contributed by atoms with Crippen molar-refractivity contribution in [2.75, 3.05) is 44.7 Å². The van der Waals surface area contributed by atoms with E-state index in [2.05, 4.69) is 51.4 Å². The summed E-state index contributed by atoms with van der Waals surface area (Å²) in [6.45, 7) is 5.37. The highest BCUT2D eigenvalue weighted by atomic mass is 16.5. The van der Waals surface area contributed by atoms with Crippen LogP contribution in [0.2, 0.25) is 0 Å². The molecule has 184 valence electrons. The zero-order valence-electron chi connectivity index (χ0n) is 20.5.